The van der Waals surface area contributed by atoms with E-state index in [2.05, 4.69) is 33.3 Å². The fourth-order valence-electron chi connectivity index (χ4n) is 3.62. The second-order valence-corrected chi connectivity index (χ2v) is 7.68. The normalized spacial score (nSPS) is 18.7. The highest BCUT2D eigenvalue weighted by molar-refractivity contribution is 5.87. The van der Waals surface area contributed by atoms with Gasteiger partial charge in [0.2, 0.25) is 0 Å². The molecule has 1 aromatic heterocycles. The molecule has 2 aromatic rings. The van der Waals surface area contributed by atoms with E-state index in [1.54, 1.807) is 0 Å². The molecule has 0 bridgehead atoms. The summed E-state index contributed by atoms with van der Waals surface area (Å²) in [6.45, 7) is 13.5. The molecule has 2 N–H and O–H groups in total. The fourth-order valence-corrected chi connectivity index (χ4v) is 3.62. The summed E-state index contributed by atoms with van der Waals surface area (Å²) in [5.41, 5.74) is 3.14. The third kappa shape index (κ3) is 5.01. The number of hydrogen-bond acceptors (Lipinski definition) is 3. The Morgan fingerprint density at radius 3 is 3.04 bits per heavy atom. The molecule has 1 aliphatic carbocycles. The molecular formula is C21H28N4O2. The summed E-state index contributed by atoms with van der Waals surface area (Å²) in [4.78, 5) is 20.7. The molecule has 2 atom stereocenters. The van der Waals surface area contributed by atoms with Crippen molar-refractivity contribution in [2.24, 2.45) is 5.92 Å². The third-order valence-corrected chi connectivity index (χ3v) is 5.02. The van der Waals surface area contributed by atoms with Crippen molar-refractivity contribution < 1.29 is 9.53 Å². The molecule has 0 spiro atoms. The topological polar surface area (TPSA) is 61.7 Å². The van der Waals surface area contributed by atoms with Gasteiger partial charge in [0.25, 0.3) is 0 Å². The summed E-state index contributed by atoms with van der Waals surface area (Å²) in [7, 11) is 2.13. The Labute approximate surface area is 160 Å². The van der Waals surface area contributed by atoms with Gasteiger partial charge in [-0.05, 0) is 75.2 Å². The largest absolute Gasteiger partial charge is 0.447 e. The van der Waals surface area contributed by atoms with Crippen LogP contribution in [-0.2, 0) is 4.74 Å². The Balaban J connectivity index is 1.43. The number of fused-ring (bicyclic) bond motifs is 1. The number of carbonyl (C=O) groups excluding carboxylic acids is 1. The zero-order valence-electron chi connectivity index (χ0n) is 16.3. The molecule has 1 heterocycles. The lowest BCUT2D eigenvalue weighted by atomic mass is 10.1. The van der Waals surface area contributed by atoms with Crippen molar-refractivity contribution in [3.8, 4) is 0 Å². The second-order valence-electron chi connectivity index (χ2n) is 7.68. The van der Waals surface area contributed by atoms with E-state index in [0.717, 1.165) is 25.0 Å². The van der Waals surface area contributed by atoms with E-state index in [1.807, 2.05) is 32.0 Å². The molecule has 1 fully saturated rings. The maximum absolute atomic E-state index is 11.4. The van der Waals surface area contributed by atoms with Crippen molar-refractivity contribution in [1.82, 2.24) is 15.2 Å². The molecule has 6 nitrogen and oxygen atoms in total. The minimum atomic E-state index is -0.340. The van der Waals surface area contributed by atoms with Gasteiger partial charge >= 0.3 is 6.09 Å². The minimum Gasteiger partial charge on any atom is -0.447 e. The smallest absolute Gasteiger partial charge is 0.407 e. The maximum atomic E-state index is 11.4. The van der Waals surface area contributed by atoms with E-state index in [9.17, 15) is 4.79 Å². The maximum Gasteiger partial charge on any atom is 0.407 e. The van der Waals surface area contributed by atoms with Crippen molar-refractivity contribution in [2.75, 3.05) is 26.7 Å². The Morgan fingerprint density at radius 1 is 1.48 bits per heavy atom. The Kier molecular flexibility index (Phi) is 6.02. The molecule has 0 radical (unpaired) electrons. The van der Waals surface area contributed by atoms with Crippen molar-refractivity contribution in [3.63, 3.8) is 0 Å². The first-order valence-electron chi connectivity index (χ1n) is 9.59. The van der Waals surface area contributed by atoms with Crippen molar-refractivity contribution >= 4 is 22.7 Å². The fraction of sp³-hybridized carbons (Fsp3) is 0.524. The van der Waals surface area contributed by atoms with Crippen LogP contribution in [0.3, 0.4) is 0 Å². The van der Waals surface area contributed by atoms with Gasteiger partial charge in [-0.15, -0.1) is 0 Å². The zero-order valence-corrected chi connectivity index (χ0v) is 16.3. The van der Waals surface area contributed by atoms with Crippen LogP contribution in [0.1, 0.15) is 38.2 Å². The van der Waals surface area contributed by atoms with Gasteiger partial charge in [0.05, 0.1) is 12.7 Å². The van der Waals surface area contributed by atoms with Crippen LogP contribution in [0.4, 0.5) is 10.5 Å². The molecule has 2 unspecified atom stereocenters. The lowest BCUT2D eigenvalue weighted by Gasteiger charge is -2.17. The summed E-state index contributed by atoms with van der Waals surface area (Å²) < 4.78 is 5.05. The van der Waals surface area contributed by atoms with E-state index >= 15 is 0 Å². The highest BCUT2D eigenvalue weighted by Gasteiger charge is 2.39. The summed E-state index contributed by atoms with van der Waals surface area (Å²) in [5, 5.41) is 3.97. The van der Waals surface area contributed by atoms with Crippen LogP contribution in [0.2, 0.25) is 0 Å². The van der Waals surface area contributed by atoms with Gasteiger partial charge < -0.3 is 19.9 Å². The first kappa shape index (κ1) is 19.2. The molecule has 3 rings (SSSR count). The summed E-state index contributed by atoms with van der Waals surface area (Å²) in [6, 6.07) is 5.85. The quantitative estimate of drug-likeness (QED) is 0.540. The predicted molar refractivity (Wildman–Crippen MR) is 107 cm³/mol. The molecule has 1 saturated carbocycles. The summed E-state index contributed by atoms with van der Waals surface area (Å²) in [6.07, 6.45) is 3.77. The van der Waals surface area contributed by atoms with E-state index in [4.69, 9.17) is 11.3 Å². The van der Waals surface area contributed by atoms with Crippen LogP contribution >= 0.6 is 0 Å². The van der Waals surface area contributed by atoms with Gasteiger partial charge in [-0.3, -0.25) is 0 Å². The third-order valence-electron chi connectivity index (χ3n) is 5.02. The Bertz CT molecular complexity index is 836. The average molecular weight is 368 g/mol. The van der Waals surface area contributed by atoms with Gasteiger partial charge in [0, 0.05) is 24.8 Å². The van der Waals surface area contributed by atoms with Crippen LogP contribution < -0.4 is 5.32 Å². The van der Waals surface area contributed by atoms with Gasteiger partial charge in [0.1, 0.15) is 0 Å². The number of carbonyl (C=O) groups is 1. The lowest BCUT2D eigenvalue weighted by Crippen LogP contribution is -2.30. The number of aromatic amines is 1. The highest BCUT2D eigenvalue weighted by Crippen LogP contribution is 2.50. The molecule has 0 saturated heterocycles. The number of nitrogens with zero attached hydrogens (tertiary/aromatic N) is 2. The van der Waals surface area contributed by atoms with Crippen LogP contribution in [-0.4, -0.2) is 48.8 Å². The molecule has 27 heavy (non-hydrogen) atoms. The first-order chi connectivity index (χ1) is 13.0. The number of H-pyrrole nitrogens is 1. The number of ether oxygens (including phenoxy) is 1. The van der Waals surface area contributed by atoms with E-state index < -0.39 is 0 Å². The van der Waals surface area contributed by atoms with E-state index in [-0.39, 0.29) is 12.2 Å². The minimum absolute atomic E-state index is 0.0881. The number of hydrogen-bond donors (Lipinski definition) is 2. The molecule has 144 valence electrons. The van der Waals surface area contributed by atoms with Crippen LogP contribution in [0.5, 0.6) is 0 Å². The van der Waals surface area contributed by atoms with E-state index in [1.165, 1.54) is 17.4 Å². The van der Waals surface area contributed by atoms with Crippen molar-refractivity contribution in [3.05, 3.63) is 41.4 Å². The van der Waals surface area contributed by atoms with Gasteiger partial charge in [-0.25, -0.2) is 9.64 Å². The van der Waals surface area contributed by atoms with Gasteiger partial charge in [-0.1, -0.05) is 6.07 Å². The number of amides is 1. The zero-order chi connectivity index (χ0) is 19.4. The number of benzene rings is 1. The number of aromatic nitrogens is 1. The van der Waals surface area contributed by atoms with Crippen LogP contribution in [0.15, 0.2) is 24.4 Å². The SMILES string of the molecule is [C-]#[N+]c1ccc2[nH]cc(C3CC3CN(C)CCCNC(=O)OC(C)C)c2c1. The molecule has 0 aliphatic heterocycles. The lowest BCUT2D eigenvalue weighted by molar-refractivity contribution is 0.115. The van der Waals surface area contributed by atoms with Crippen LogP contribution in [0, 0.1) is 12.5 Å². The molecule has 1 amide bonds. The highest BCUT2D eigenvalue weighted by atomic mass is 16.6. The average Bonchev–Trinajstić information content (AvgIpc) is 3.24. The molecular weight excluding hydrogens is 340 g/mol. The van der Waals surface area contributed by atoms with Crippen LogP contribution in [0.25, 0.3) is 15.7 Å². The second kappa shape index (κ2) is 8.45. The van der Waals surface area contributed by atoms with Gasteiger partial charge in [0.15, 0.2) is 5.69 Å². The summed E-state index contributed by atoms with van der Waals surface area (Å²) in [5.74, 6) is 1.23. The number of rotatable bonds is 8. The monoisotopic (exact) mass is 368 g/mol. The summed E-state index contributed by atoms with van der Waals surface area (Å²) >= 11 is 0. The Hall–Kier alpha value is -2.52. The standard InChI is InChI=1S/C21H28N4O2/c1-14(2)27-21(26)23-8-5-9-25(4)13-15-10-17(15)19-12-24-20-7-6-16(22-3)11-18(19)20/h6-7,11-12,14-15,17,24H,5,8-10,13H2,1-2,4H3,(H,23,26). The van der Waals surface area contributed by atoms with E-state index in [0.29, 0.717) is 24.1 Å². The van der Waals surface area contributed by atoms with Gasteiger partial charge in [-0.2, -0.15) is 0 Å². The molecule has 1 aliphatic rings. The number of alkyl carbamates (subject to hydrolysis) is 1. The molecule has 1 aromatic carbocycles. The van der Waals surface area contributed by atoms with Crippen molar-refractivity contribution in [2.45, 2.75) is 38.7 Å². The van der Waals surface area contributed by atoms with Crippen molar-refractivity contribution in [1.29, 1.82) is 0 Å². The Morgan fingerprint density at radius 2 is 2.30 bits per heavy atom. The number of nitrogens with one attached hydrogen (secondary N) is 2. The first-order valence-corrected chi connectivity index (χ1v) is 9.59. The molecule has 6 heteroatoms. The predicted octanol–water partition coefficient (Wildman–Crippen LogP) is 4.28.